The lowest BCUT2D eigenvalue weighted by Crippen LogP contribution is -2.29. The van der Waals surface area contributed by atoms with E-state index in [1.807, 2.05) is 11.9 Å². The molecule has 0 spiro atoms. The van der Waals surface area contributed by atoms with Crippen LogP contribution in [0.2, 0.25) is 0 Å². The topological polar surface area (TPSA) is 49.3 Å². The number of likely N-dealkylation sites (tertiary alicyclic amines) is 1. The molecule has 1 aromatic rings. The van der Waals surface area contributed by atoms with Gasteiger partial charge in [-0.3, -0.25) is 4.79 Å². The fourth-order valence-electron chi connectivity index (χ4n) is 2.26. The number of aromatic nitrogens is 2. The highest BCUT2D eigenvalue weighted by molar-refractivity contribution is 5.93. The highest BCUT2D eigenvalue weighted by Gasteiger charge is 2.21. The van der Waals surface area contributed by atoms with Crippen LogP contribution in [0.3, 0.4) is 0 Å². The Kier molecular flexibility index (Phi) is 4.71. The maximum atomic E-state index is 12.3. The summed E-state index contributed by atoms with van der Waals surface area (Å²) in [6.45, 7) is 4.81. The van der Waals surface area contributed by atoms with Crippen molar-refractivity contribution in [2.24, 2.45) is 0 Å². The Morgan fingerprint density at radius 1 is 1.37 bits per heavy atom. The third-order valence-corrected chi connectivity index (χ3v) is 3.50. The van der Waals surface area contributed by atoms with Gasteiger partial charge in [-0.25, -0.2) is 9.97 Å². The van der Waals surface area contributed by atoms with Crippen molar-refractivity contribution in [3.63, 3.8) is 0 Å². The van der Waals surface area contributed by atoms with Gasteiger partial charge in [0.1, 0.15) is 17.8 Å². The number of amides is 1. The van der Waals surface area contributed by atoms with Gasteiger partial charge < -0.3 is 9.80 Å². The highest BCUT2D eigenvalue weighted by Crippen LogP contribution is 2.15. The molecule has 0 aromatic carbocycles. The van der Waals surface area contributed by atoms with Crippen LogP contribution in [0.5, 0.6) is 0 Å². The van der Waals surface area contributed by atoms with Crippen LogP contribution in [0.1, 0.15) is 43.1 Å². The van der Waals surface area contributed by atoms with Crippen LogP contribution in [0.25, 0.3) is 0 Å². The van der Waals surface area contributed by atoms with Crippen molar-refractivity contribution in [3.05, 3.63) is 18.1 Å². The molecular formula is C14H22N4O. The molecule has 0 unspecified atom stereocenters. The zero-order chi connectivity index (χ0) is 13.7. The van der Waals surface area contributed by atoms with Crippen molar-refractivity contribution in [1.29, 1.82) is 0 Å². The monoisotopic (exact) mass is 262 g/mol. The van der Waals surface area contributed by atoms with Crippen molar-refractivity contribution in [1.82, 2.24) is 14.9 Å². The number of carbonyl (C=O) groups excluding carboxylic acids is 1. The van der Waals surface area contributed by atoms with Gasteiger partial charge in [-0.15, -0.1) is 0 Å². The summed E-state index contributed by atoms with van der Waals surface area (Å²) in [5, 5.41) is 0. The molecule has 0 bridgehead atoms. The van der Waals surface area contributed by atoms with Gasteiger partial charge in [-0.05, 0) is 19.3 Å². The van der Waals surface area contributed by atoms with Gasteiger partial charge in [-0.2, -0.15) is 0 Å². The quantitative estimate of drug-likeness (QED) is 0.814. The summed E-state index contributed by atoms with van der Waals surface area (Å²) in [5.41, 5.74) is 0.509. The van der Waals surface area contributed by atoms with Gasteiger partial charge >= 0.3 is 0 Å². The molecule has 0 N–H and O–H groups in total. The summed E-state index contributed by atoms with van der Waals surface area (Å²) in [6.07, 6.45) is 5.95. The molecule has 1 amide bonds. The van der Waals surface area contributed by atoms with Crippen molar-refractivity contribution in [2.45, 2.75) is 32.6 Å². The minimum absolute atomic E-state index is 0.0324. The molecule has 5 heteroatoms. The fourth-order valence-corrected chi connectivity index (χ4v) is 2.26. The molecule has 0 atom stereocenters. The average molecular weight is 262 g/mol. The van der Waals surface area contributed by atoms with Crippen LogP contribution in [0.4, 0.5) is 5.82 Å². The van der Waals surface area contributed by atoms with E-state index in [-0.39, 0.29) is 5.91 Å². The first-order chi connectivity index (χ1) is 9.22. The standard InChI is InChI=1S/C14H22N4O/c1-3-4-7-17(2)13-10-12(15-11-16-13)14(19)18-8-5-6-9-18/h10-11H,3-9H2,1-2H3. The van der Waals surface area contributed by atoms with E-state index in [1.54, 1.807) is 6.07 Å². The minimum atomic E-state index is 0.0324. The number of anilines is 1. The Morgan fingerprint density at radius 2 is 2.11 bits per heavy atom. The lowest BCUT2D eigenvalue weighted by molar-refractivity contribution is 0.0787. The summed E-state index contributed by atoms with van der Waals surface area (Å²) in [6, 6.07) is 1.80. The van der Waals surface area contributed by atoms with E-state index in [4.69, 9.17) is 0 Å². The summed E-state index contributed by atoms with van der Waals surface area (Å²) in [7, 11) is 2.00. The summed E-state index contributed by atoms with van der Waals surface area (Å²) in [5.74, 6) is 0.857. The van der Waals surface area contributed by atoms with Gasteiger partial charge in [-0.1, -0.05) is 13.3 Å². The van der Waals surface area contributed by atoms with E-state index in [0.29, 0.717) is 5.69 Å². The molecule has 0 saturated carbocycles. The van der Waals surface area contributed by atoms with Crippen molar-refractivity contribution >= 4 is 11.7 Å². The van der Waals surface area contributed by atoms with Gasteiger partial charge in [0.2, 0.25) is 0 Å². The van der Waals surface area contributed by atoms with E-state index in [2.05, 4.69) is 21.8 Å². The van der Waals surface area contributed by atoms with Crippen molar-refractivity contribution in [2.75, 3.05) is 31.6 Å². The maximum Gasteiger partial charge on any atom is 0.272 e. The zero-order valence-electron chi connectivity index (χ0n) is 11.8. The number of carbonyl (C=O) groups is 1. The second-order valence-corrected chi connectivity index (χ2v) is 5.04. The molecule has 1 aromatic heterocycles. The maximum absolute atomic E-state index is 12.3. The van der Waals surface area contributed by atoms with Crippen molar-refractivity contribution in [3.8, 4) is 0 Å². The largest absolute Gasteiger partial charge is 0.360 e. The zero-order valence-corrected chi connectivity index (χ0v) is 11.8. The summed E-state index contributed by atoms with van der Waals surface area (Å²) in [4.78, 5) is 24.6. The van der Waals surface area contributed by atoms with Gasteiger partial charge in [0.15, 0.2) is 0 Å². The lowest BCUT2D eigenvalue weighted by atomic mass is 10.3. The predicted octanol–water partition coefficient (Wildman–Crippen LogP) is 1.95. The first kappa shape index (κ1) is 13.8. The van der Waals surface area contributed by atoms with Crippen molar-refractivity contribution < 1.29 is 4.79 Å². The summed E-state index contributed by atoms with van der Waals surface area (Å²) < 4.78 is 0. The van der Waals surface area contributed by atoms with Gasteiger partial charge in [0.25, 0.3) is 5.91 Å². The molecule has 19 heavy (non-hydrogen) atoms. The van der Waals surface area contributed by atoms with E-state index < -0.39 is 0 Å². The molecule has 1 aliphatic heterocycles. The number of unbranched alkanes of at least 4 members (excludes halogenated alkanes) is 1. The Hall–Kier alpha value is -1.65. The normalized spacial score (nSPS) is 14.7. The van der Waals surface area contributed by atoms with Crippen LogP contribution < -0.4 is 4.90 Å². The van der Waals surface area contributed by atoms with Crippen LogP contribution >= 0.6 is 0 Å². The number of hydrogen-bond acceptors (Lipinski definition) is 4. The van der Waals surface area contributed by atoms with Crippen LogP contribution in [-0.2, 0) is 0 Å². The summed E-state index contributed by atoms with van der Waals surface area (Å²) >= 11 is 0. The predicted molar refractivity (Wildman–Crippen MR) is 75.3 cm³/mol. The molecule has 1 fully saturated rings. The Labute approximate surface area is 114 Å². The Balaban J connectivity index is 2.07. The lowest BCUT2D eigenvalue weighted by Gasteiger charge is -2.19. The third-order valence-electron chi connectivity index (χ3n) is 3.50. The molecule has 104 valence electrons. The molecule has 0 radical (unpaired) electrons. The van der Waals surface area contributed by atoms with E-state index in [1.165, 1.54) is 6.33 Å². The van der Waals surface area contributed by atoms with Gasteiger partial charge in [0.05, 0.1) is 0 Å². The number of hydrogen-bond donors (Lipinski definition) is 0. The first-order valence-electron chi connectivity index (χ1n) is 7.05. The Bertz CT molecular complexity index is 429. The van der Waals surface area contributed by atoms with E-state index in [9.17, 15) is 4.79 Å². The minimum Gasteiger partial charge on any atom is -0.360 e. The first-order valence-corrected chi connectivity index (χ1v) is 7.05. The Morgan fingerprint density at radius 3 is 2.79 bits per heavy atom. The molecule has 1 aliphatic rings. The molecule has 5 nitrogen and oxygen atoms in total. The number of rotatable bonds is 5. The fraction of sp³-hybridized carbons (Fsp3) is 0.643. The number of nitrogens with zero attached hydrogens (tertiary/aromatic N) is 4. The van der Waals surface area contributed by atoms with E-state index in [0.717, 1.165) is 51.1 Å². The highest BCUT2D eigenvalue weighted by atomic mass is 16.2. The van der Waals surface area contributed by atoms with Crippen LogP contribution in [0, 0.1) is 0 Å². The molecule has 2 heterocycles. The van der Waals surface area contributed by atoms with E-state index >= 15 is 0 Å². The second-order valence-electron chi connectivity index (χ2n) is 5.04. The van der Waals surface area contributed by atoms with Gasteiger partial charge in [0, 0.05) is 32.7 Å². The van der Waals surface area contributed by atoms with Crippen LogP contribution in [0.15, 0.2) is 12.4 Å². The average Bonchev–Trinajstić information content (AvgIpc) is 2.98. The molecule has 1 saturated heterocycles. The molecular weight excluding hydrogens is 240 g/mol. The SMILES string of the molecule is CCCCN(C)c1cc(C(=O)N2CCCC2)ncn1. The molecule has 0 aliphatic carbocycles. The van der Waals surface area contributed by atoms with Crippen LogP contribution in [-0.4, -0.2) is 47.5 Å². The third kappa shape index (κ3) is 3.43. The molecule has 2 rings (SSSR count). The smallest absolute Gasteiger partial charge is 0.272 e. The second kappa shape index (κ2) is 6.50.